The fraction of sp³-hybridized carbons (Fsp3) is 0.121. The molecule has 6 nitrogen and oxygen atoms in total. The Morgan fingerprint density at radius 2 is 1.43 bits per heavy atom. The Morgan fingerprint density at radius 1 is 0.762 bits per heavy atom. The van der Waals surface area contributed by atoms with E-state index in [0.717, 1.165) is 21.7 Å². The van der Waals surface area contributed by atoms with Gasteiger partial charge in [0, 0.05) is 37.4 Å². The van der Waals surface area contributed by atoms with Gasteiger partial charge < -0.3 is 16.0 Å². The topological polar surface area (TPSA) is 87.3 Å². The van der Waals surface area contributed by atoms with Crippen LogP contribution < -0.4 is 16.0 Å². The van der Waals surface area contributed by atoms with Crippen molar-refractivity contribution >= 4 is 70.1 Å². The molecule has 0 aliphatic heterocycles. The number of rotatable bonds is 9. The predicted molar refractivity (Wildman–Crippen MR) is 173 cm³/mol. The Kier molecular flexibility index (Phi) is 10.5. The van der Waals surface area contributed by atoms with Crippen LogP contribution in [-0.4, -0.2) is 23.0 Å². The molecule has 0 radical (unpaired) electrons. The van der Waals surface area contributed by atoms with E-state index in [2.05, 4.69) is 16.0 Å². The molecule has 214 valence electrons. The lowest BCUT2D eigenvalue weighted by Crippen LogP contribution is -2.30. The first-order chi connectivity index (χ1) is 20.1. The molecule has 0 bridgehead atoms. The highest BCUT2D eigenvalue weighted by atomic mass is 35.5. The fourth-order valence-electron chi connectivity index (χ4n) is 3.90. The molecule has 4 rings (SSSR count). The van der Waals surface area contributed by atoms with Gasteiger partial charge in [0.2, 0.25) is 5.91 Å². The normalized spacial score (nSPS) is 11.9. The first kappa shape index (κ1) is 30.9. The number of aryl methyl sites for hydroxylation is 2. The molecule has 3 N–H and O–H groups in total. The monoisotopic (exact) mass is 617 g/mol. The van der Waals surface area contributed by atoms with Gasteiger partial charge in [-0.2, -0.15) is 0 Å². The average Bonchev–Trinajstić information content (AvgIpc) is 2.97. The number of carbonyl (C=O) groups is 3. The molecule has 0 saturated heterocycles. The van der Waals surface area contributed by atoms with Crippen LogP contribution in [-0.2, 0) is 9.59 Å². The number of carbonyl (C=O) groups excluding carboxylic acids is 3. The average molecular weight is 619 g/mol. The van der Waals surface area contributed by atoms with Crippen molar-refractivity contribution in [2.45, 2.75) is 30.9 Å². The number of nitrogens with one attached hydrogen (secondary N) is 3. The first-order valence-corrected chi connectivity index (χ1v) is 14.7. The summed E-state index contributed by atoms with van der Waals surface area (Å²) >= 11 is 14.0. The zero-order chi connectivity index (χ0) is 30.2. The number of amides is 3. The summed E-state index contributed by atoms with van der Waals surface area (Å²) in [6, 6.07) is 26.4. The van der Waals surface area contributed by atoms with E-state index < -0.39 is 17.1 Å². The van der Waals surface area contributed by atoms with Crippen LogP contribution in [0.4, 0.5) is 11.4 Å². The smallest absolute Gasteiger partial charge is 0.272 e. The maximum Gasteiger partial charge on any atom is 0.272 e. The van der Waals surface area contributed by atoms with Crippen molar-refractivity contribution in [3.05, 3.63) is 129 Å². The van der Waals surface area contributed by atoms with Gasteiger partial charge in [0.1, 0.15) is 5.70 Å². The van der Waals surface area contributed by atoms with Crippen molar-refractivity contribution in [1.82, 2.24) is 5.32 Å². The third kappa shape index (κ3) is 8.26. The molecular weight excluding hydrogens is 589 g/mol. The van der Waals surface area contributed by atoms with E-state index >= 15 is 0 Å². The second-order valence-corrected chi connectivity index (χ2v) is 11.8. The number of anilines is 2. The lowest BCUT2D eigenvalue weighted by Gasteiger charge is -2.15. The maximum absolute atomic E-state index is 13.5. The fourth-order valence-corrected chi connectivity index (χ4v) is 5.33. The highest BCUT2D eigenvalue weighted by Crippen LogP contribution is 2.29. The van der Waals surface area contributed by atoms with Gasteiger partial charge in [0.15, 0.2) is 0 Å². The Morgan fingerprint density at radius 3 is 2.12 bits per heavy atom. The minimum absolute atomic E-state index is 0.0435. The predicted octanol–water partition coefficient (Wildman–Crippen LogP) is 8.14. The van der Waals surface area contributed by atoms with Crippen LogP contribution in [0.15, 0.2) is 102 Å². The van der Waals surface area contributed by atoms with Crippen LogP contribution in [0.3, 0.4) is 0 Å². The van der Waals surface area contributed by atoms with Gasteiger partial charge in [0.25, 0.3) is 11.8 Å². The zero-order valence-corrected chi connectivity index (χ0v) is 25.5. The molecule has 0 aliphatic carbocycles. The number of benzene rings is 4. The highest BCUT2D eigenvalue weighted by molar-refractivity contribution is 8.00. The second kappa shape index (κ2) is 14.2. The van der Waals surface area contributed by atoms with E-state index in [1.165, 1.54) is 17.8 Å². The molecule has 9 heteroatoms. The lowest BCUT2D eigenvalue weighted by atomic mass is 10.1. The van der Waals surface area contributed by atoms with E-state index in [1.54, 1.807) is 66.7 Å². The summed E-state index contributed by atoms with van der Waals surface area (Å²) in [5.74, 6) is -1.17. The molecule has 0 fully saturated rings. The third-order valence-electron chi connectivity index (χ3n) is 6.37. The lowest BCUT2D eigenvalue weighted by molar-refractivity contribution is -0.115. The summed E-state index contributed by atoms with van der Waals surface area (Å²) < 4.78 is 0. The number of halogens is 2. The number of hydrogen-bond donors (Lipinski definition) is 3. The third-order valence-corrected chi connectivity index (χ3v) is 8.12. The van der Waals surface area contributed by atoms with E-state index in [1.807, 2.05) is 45.0 Å². The minimum Gasteiger partial charge on any atom is -0.325 e. The summed E-state index contributed by atoms with van der Waals surface area (Å²) in [6.07, 6.45) is 1.44. The maximum atomic E-state index is 13.5. The summed E-state index contributed by atoms with van der Waals surface area (Å²) in [6.45, 7) is 5.84. The Labute approximate surface area is 259 Å². The van der Waals surface area contributed by atoms with Crippen molar-refractivity contribution in [3.63, 3.8) is 0 Å². The van der Waals surface area contributed by atoms with E-state index in [4.69, 9.17) is 23.2 Å². The van der Waals surface area contributed by atoms with Crippen LogP contribution in [0.1, 0.15) is 34.0 Å². The Balaban J connectivity index is 1.51. The Hall–Kier alpha value is -4.04. The standard InChI is InChI=1S/C33H29Cl2N3O3S/c1-20-15-16-25(17-21(20)2)36-31(39)22(3)42-26-12-7-11-24(18-26)37-33(41)30(19-27-28(34)13-8-14-29(27)35)38-32(40)23-9-5-4-6-10-23/h4-19,22H,1-3H3,(H,36,39)(H,37,41)(H,38,40)/b30-19+. The molecule has 3 amide bonds. The molecule has 4 aromatic carbocycles. The zero-order valence-electron chi connectivity index (χ0n) is 23.2. The first-order valence-electron chi connectivity index (χ1n) is 13.1. The Bertz CT molecular complexity index is 1640. The van der Waals surface area contributed by atoms with Crippen molar-refractivity contribution in [2.24, 2.45) is 0 Å². The van der Waals surface area contributed by atoms with Gasteiger partial charge in [-0.25, -0.2) is 0 Å². The van der Waals surface area contributed by atoms with Gasteiger partial charge in [-0.05, 0) is 92.6 Å². The summed E-state index contributed by atoms with van der Waals surface area (Å²) in [5.41, 5.74) is 4.21. The molecular formula is C33H29Cl2N3O3S. The van der Waals surface area contributed by atoms with Crippen molar-refractivity contribution < 1.29 is 14.4 Å². The molecule has 1 atom stereocenters. The van der Waals surface area contributed by atoms with E-state index in [0.29, 0.717) is 26.9 Å². The quantitative estimate of drug-likeness (QED) is 0.131. The molecule has 42 heavy (non-hydrogen) atoms. The van der Waals surface area contributed by atoms with Crippen LogP contribution in [0.25, 0.3) is 6.08 Å². The van der Waals surface area contributed by atoms with Crippen LogP contribution in [0, 0.1) is 13.8 Å². The van der Waals surface area contributed by atoms with Crippen LogP contribution >= 0.6 is 35.0 Å². The van der Waals surface area contributed by atoms with Crippen LogP contribution in [0.5, 0.6) is 0 Å². The van der Waals surface area contributed by atoms with Gasteiger partial charge in [-0.15, -0.1) is 11.8 Å². The molecule has 0 saturated carbocycles. The van der Waals surface area contributed by atoms with Crippen LogP contribution in [0.2, 0.25) is 10.0 Å². The van der Waals surface area contributed by atoms with E-state index in [9.17, 15) is 14.4 Å². The van der Waals surface area contributed by atoms with E-state index in [-0.39, 0.29) is 11.6 Å². The molecule has 4 aromatic rings. The SMILES string of the molecule is Cc1ccc(NC(=O)C(C)Sc2cccc(NC(=O)/C(=C\c3c(Cl)cccc3Cl)NC(=O)c3ccccc3)c2)cc1C. The highest BCUT2D eigenvalue weighted by Gasteiger charge is 2.18. The van der Waals surface area contributed by atoms with Crippen molar-refractivity contribution in [1.29, 1.82) is 0 Å². The summed E-state index contributed by atoms with van der Waals surface area (Å²) in [4.78, 5) is 40.0. The molecule has 0 aromatic heterocycles. The molecule has 0 heterocycles. The van der Waals surface area contributed by atoms with Gasteiger partial charge in [-0.3, -0.25) is 14.4 Å². The molecule has 1 unspecified atom stereocenters. The number of thioether (sulfide) groups is 1. The van der Waals surface area contributed by atoms with Gasteiger partial charge >= 0.3 is 0 Å². The summed E-state index contributed by atoms with van der Waals surface area (Å²) in [7, 11) is 0. The van der Waals surface area contributed by atoms with Gasteiger partial charge in [-0.1, -0.05) is 59.6 Å². The second-order valence-electron chi connectivity index (χ2n) is 9.54. The summed E-state index contributed by atoms with van der Waals surface area (Å²) in [5, 5.41) is 8.72. The largest absolute Gasteiger partial charge is 0.325 e. The number of hydrogen-bond acceptors (Lipinski definition) is 4. The minimum atomic E-state index is -0.571. The molecule has 0 aliphatic rings. The molecule has 0 spiro atoms. The van der Waals surface area contributed by atoms with Gasteiger partial charge in [0.05, 0.1) is 5.25 Å². The van der Waals surface area contributed by atoms with Crippen molar-refractivity contribution in [3.8, 4) is 0 Å². The van der Waals surface area contributed by atoms with Crippen molar-refractivity contribution in [2.75, 3.05) is 10.6 Å².